The third kappa shape index (κ3) is 6.55. The van der Waals surface area contributed by atoms with E-state index in [4.69, 9.17) is 21.1 Å². The Labute approximate surface area is 216 Å². The molecule has 1 N–H and O–H groups in total. The summed E-state index contributed by atoms with van der Waals surface area (Å²) in [5.74, 6) is 1.79. The van der Waals surface area contributed by atoms with Crippen LogP contribution in [0.3, 0.4) is 0 Å². The van der Waals surface area contributed by atoms with Crippen molar-refractivity contribution in [2.75, 3.05) is 12.4 Å². The van der Waals surface area contributed by atoms with E-state index in [1.807, 2.05) is 91.3 Å². The lowest BCUT2D eigenvalue weighted by Gasteiger charge is -2.12. The Kier molecular flexibility index (Phi) is 8.08. The van der Waals surface area contributed by atoms with Crippen LogP contribution in [0.1, 0.15) is 27.9 Å². The Balaban J connectivity index is 1.40. The number of aryl methyl sites for hydroxylation is 2. The standard InChI is InChI=1S/C29H28ClN3O3/c1-20-6-4-5-7-26(20)36-19-24-17-22(10-14-27(24)35-3)11-15-29(34)31-28-16-21(2)33(32-28)18-23-8-12-25(30)13-9-23/h4-17H,18-19H2,1-3H3,(H,31,32,34)/b15-11+. The zero-order valence-electron chi connectivity index (χ0n) is 20.5. The summed E-state index contributed by atoms with van der Waals surface area (Å²) in [6.45, 7) is 4.90. The predicted octanol–water partition coefficient (Wildman–Crippen LogP) is 6.44. The van der Waals surface area contributed by atoms with Gasteiger partial charge in [-0.05, 0) is 66.9 Å². The highest BCUT2D eigenvalue weighted by molar-refractivity contribution is 6.30. The number of methoxy groups -OCH3 is 1. The number of benzene rings is 3. The van der Waals surface area contributed by atoms with Crippen molar-refractivity contribution in [1.82, 2.24) is 9.78 Å². The molecule has 0 radical (unpaired) electrons. The molecule has 0 unspecified atom stereocenters. The minimum absolute atomic E-state index is 0.264. The molecule has 184 valence electrons. The molecule has 0 spiro atoms. The fourth-order valence-electron chi connectivity index (χ4n) is 3.72. The van der Waals surface area contributed by atoms with E-state index in [1.54, 1.807) is 13.2 Å². The second kappa shape index (κ2) is 11.6. The summed E-state index contributed by atoms with van der Waals surface area (Å²) in [7, 11) is 1.63. The molecule has 1 aromatic heterocycles. The fraction of sp³-hybridized carbons (Fsp3) is 0.172. The van der Waals surface area contributed by atoms with Crippen molar-refractivity contribution in [2.24, 2.45) is 0 Å². The molecule has 0 saturated heterocycles. The highest BCUT2D eigenvalue weighted by atomic mass is 35.5. The Bertz CT molecular complexity index is 1380. The van der Waals surface area contributed by atoms with Crippen LogP contribution in [0.5, 0.6) is 11.5 Å². The van der Waals surface area contributed by atoms with Crippen LogP contribution in [0.4, 0.5) is 5.82 Å². The summed E-state index contributed by atoms with van der Waals surface area (Å²) >= 11 is 5.96. The van der Waals surface area contributed by atoms with Crippen molar-refractivity contribution in [1.29, 1.82) is 0 Å². The van der Waals surface area contributed by atoms with Gasteiger partial charge in [-0.25, -0.2) is 0 Å². The van der Waals surface area contributed by atoms with Crippen LogP contribution >= 0.6 is 11.6 Å². The maximum atomic E-state index is 12.5. The number of amides is 1. The Morgan fingerprint density at radius 3 is 2.56 bits per heavy atom. The number of nitrogens with zero attached hydrogens (tertiary/aromatic N) is 2. The van der Waals surface area contributed by atoms with Crippen LogP contribution in [0, 0.1) is 13.8 Å². The van der Waals surface area contributed by atoms with Crippen LogP contribution < -0.4 is 14.8 Å². The number of nitrogens with one attached hydrogen (secondary N) is 1. The Hall–Kier alpha value is -4.03. The van der Waals surface area contributed by atoms with Gasteiger partial charge in [0.1, 0.15) is 18.1 Å². The molecule has 0 bridgehead atoms. The third-order valence-electron chi connectivity index (χ3n) is 5.69. The summed E-state index contributed by atoms with van der Waals surface area (Å²) in [6.07, 6.45) is 3.24. The molecular formula is C29H28ClN3O3. The zero-order valence-corrected chi connectivity index (χ0v) is 21.3. The van der Waals surface area contributed by atoms with Gasteiger partial charge in [0.2, 0.25) is 5.91 Å². The highest BCUT2D eigenvalue weighted by Crippen LogP contribution is 2.24. The van der Waals surface area contributed by atoms with Gasteiger partial charge in [0.25, 0.3) is 0 Å². The molecule has 0 aliphatic carbocycles. The molecule has 3 aromatic carbocycles. The first-order chi connectivity index (χ1) is 17.4. The second-order valence-electron chi connectivity index (χ2n) is 8.40. The van der Waals surface area contributed by atoms with Gasteiger partial charge in [0, 0.05) is 28.4 Å². The molecule has 0 atom stereocenters. The van der Waals surface area contributed by atoms with E-state index < -0.39 is 0 Å². The second-order valence-corrected chi connectivity index (χ2v) is 8.84. The lowest BCUT2D eigenvalue weighted by Crippen LogP contribution is -2.09. The number of anilines is 1. The van der Waals surface area contributed by atoms with Crippen molar-refractivity contribution in [3.8, 4) is 11.5 Å². The van der Waals surface area contributed by atoms with E-state index in [2.05, 4.69) is 10.4 Å². The number of aromatic nitrogens is 2. The number of halogens is 1. The quantitative estimate of drug-likeness (QED) is 0.268. The van der Waals surface area contributed by atoms with E-state index in [0.29, 0.717) is 24.0 Å². The number of ether oxygens (including phenoxy) is 2. The molecule has 0 aliphatic heterocycles. The largest absolute Gasteiger partial charge is 0.496 e. The number of hydrogen-bond donors (Lipinski definition) is 1. The topological polar surface area (TPSA) is 65.4 Å². The SMILES string of the molecule is COc1ccc(/C=C/C(=O)Nc2cc(C)n(Cc3ccc(Cl)cc3)n2)cc1COc1ccccc1C. The number of carbonyl (C=O) groups excluding carboxylic acids is 1. The molecule has 36 heavy (non-hydrogen) atoms. The van der Waals surface area contributed by atoms with E-state index in [0.717, 1.165) is 39.4 Å². The zero-order chi connectivity index (χ0) is 25.5. The van der Waals surface area contributed by atoms with Crippen molar-refractivity contribution in [3.05, 3.63) is 112 Å². The maximum Gasteiger partial charge on any atom is 0.249 e. The number of carbonyl (C=O) groups is 1. The van der Waals surface area contributed by atoms with Crippen molar-refractivity contribution in [2.45, 2.75) is 27.0 Å². The molecule has 1 heterocycles. The van der Waals surface area contributed by atoms with Gasteiger partial charge in [0.05, 0.1) is 13.7 Å². The molecule has 0 fully saturated rings. The van der Waals surface area contributed by atoms with Gasteiger partial charge in [0.15, 0.2) is 5.82 Å². The van der Waals surface area contributed by atoms with Gasteiger partial charge in [-0.15, -0.1) is 0 Å². The van der Waals surface area contributed by atoms with Crippen LogP contribution in [0.2, 0.25) is 5.02 Å². The molecular weight excluding hydrogens is 474 g/mol. The van der Waals surface area contributed by atoms with E-state index in [-0.39, 0.29) is 5.91 Å². The summed E-state index contributed by atoms with van der Waals surface area (Å²) in [5, 5.41) is 8.03. The van der Waals surface area contributed by atoms with E-state index >= 15 is 0 Å². The van der Waals surface area contributed by atoms with Gasteiger partial charge >= 0.3 is 0 Å². The molecule has 4 aromatic rings. The summed E-state index contributed by atoms with van der Waals surface area (Å²) < 4.78 is 13.3. The van der Waals surface area contributed by atoms with Crippen LogP contribution in [0.15, 0.2) is 78.9 Å². The van der Waals surface area contributed by atoms with Gasteiger partial charge in [-0.1, -0.05) is 48.0 Å². The lowest BCUT2D eigenvalue weighted by molar-refractivity contribution is -0.111. The average molecular weight is 502 g/mol. The summed E-state index contributed by atoms with van der Waals surface area (Å²) in [6, 6.07) is 23.0. The Morgan fingerprint density at radius 2 is 1.81 bits per heavy atom. The number of para-hydroxylation sites is 1. The minimum Gasteiger partial charge on any atom is -0.496 e. The predicted molar refractivity (Wildman–Crippen MR) is 144 cm³/mol. The monoisotopic (exact) mass is 501 g/mol. The van der Waals surface area contributed by atoms with Gasteiger partial charge in [-0.2, -0.15) is 5.10 Å². The van der Waals surface area contributed by atoms with Crippen molar-refractivity contribution in [3.63, 3.8) is 0 Å². The number of hydrogen-bond acceptors (Lipinski definition) is 4. The fourth-order valence-corrected chi connectivity index (χ4v) is 3.85. The van der Waals surface area contributed by atoms with Gasteiger partial charge < -0.3 is 14.8 Å². The van der Waals surface area contributed by atoms with Gasteiger partial charge in [-0.3, -0.25) is 9.48 Å². The lowest BCUT2D eigenvalue weighted by atomic mass is 10.1. The van der Waals surface area contributed by atoms with E-state index in [1.165, 1.54) is 6.08 Å². The first-order valence-electron chi connectivity index (χ1n) is 11.5. The molecule has 4 rings (SSSR count). The van der Waals surface area contributed by atoms with E-state index in [9.17, 15) is 4.79 Å². The molecule has 1 amide bonds. The minimum atomic E-state index is -0.264. The molecule has 0 saturated carbocycles. The number of rotatable bonds is 9. The average Bonchev–Trinajstić information content (AvgIpc) is 3.21. The van der Waals surface area contributed by atoms with Crippen molar-refractivity contribution >= 4 is 29.4 Å². The molecule has 0 aliphatic rings. The van der Waals surface area contributed by atoms with Crippen LogP contribution in [0.25, 0.3) is 6.08 Å². The first kappa shape index (κ1) is 25.1. The summed E-state index contributed by atoms with van der Waals surface area (Å²) in [4.78, 5) is 12.5. The maximum absolute atomic E-state index is 12.5. The van der Waals surface area contributed by atoms with Crippen LogP contribution in [-0.4, -0.2) is 22.8 Å². The Morgan fingerprint density at radius 1 is 1.03 bits per heavy atom. The first-order valence-corrected chi connectivity index (χ1v) is 11.9. The molecule has 7 heteroatoms. The highest BCUT2D eigenvalue weighted by Gasteiger charge is 2.09. The van der Waals surface area contributed by atoms with Crippen LogP contribution in [-0.2, 0) is 17.9 Å². The summed E-state index contributed by atoms with van der Waals surface area (Å²) in [5.41, 5.74) is 4.83. The molecule has 6 nitrogen and oxygen atoms in total. The van der Waals surface area contributed by atoms with Crippen molar-refractivity contribution < 1.29 is 14.3 Å². The smallest absolute Gasteiger partial charge is 0.249 e. The third-order valence-corrected chi connectivity index (χ3v) is 5.94. The normalized spacial score (nSPS) is 11.0.